The van der Waals surface area contributed by atoms with Gasteiger partial charge in [-0.2, -0.15) is 0 Å². The highest BCUT2D eigenvalue weighted by Gasteiger charge is 2.12. The van der Waals surface area contributed by atoms with Crippen molar-refractivity contribution in [1.29, 1.82) is 0 Å². The summed E-state index contributed by atoms with van der Waals surface area (Å²) in [7, 11) is 0. The number of hydrogen-bond acceptors (Lipinski definition) is 3. The first-order chi connectivity index (χ1) is 8.06. The molecule has 0 aliphatic rings. The van der Waals surface area contributed by atoms with Crippen LogP contribution in [0.4, 0.5) is 4.39 Å². The average Bonchev–Trinajstić information content (AvgIpc) is 2.27. The first-order valence-electron chi connectivity index (χ1n) is 4.76. The lowest BCUT2D eigenvalue weighted by molar-refractivity contribution is -0.136. The van der Waals surface area contributed by atoms with E-state index in [-0.39, 0.29) is 17.7 Å². The third-order valence-electron chi connectivity index (χ3n) is 1.81. The highest BCUT2D eigenvalue weighted by Crippen LogP contribution is 2.12. The number of carboxylic acids is 1. The van der Waals surface area contributed by atoms with Crippen molar-refractivity contribution in [1.82, 2.24) is 0 Å². The SMILES string of the molecule is CCOC(=O)C#Cc1c(F)cccc1C(=O)O. The van der Waals surface area contributed by atoms with Crippen molar-refractivity contribution >= 4 is 11.9 Å². The number of ether oxygens (including phenoxy) is 1. The third-order valence-corrected chi connectivity index (χ3v) is 1.81. The topological polar surface area (TPSA) is 63.6 Å². The Bertz CT molecular complexity index is 511. The molecule has 0 atom stereocenters. The van der Waals surface area contributed by atoms with Gasteiger partial charge in [0, 0.05) is 5.92 Å². The fraction of sp³-hybridized carbons (Fsp3) is 0.167. The highest BCUT2D eigenvalue weighted by atomic mass is 19.1. The van der Waals surface area contributed by atoms with Crippen LogP contribution >= 0.6 is 0 Å². The second-order valence-electron chi connectivity index (χ2n) is 2.94. The van der Waals surface area contributed by atoms with E-state index in [1.807, 2.05) is 5.92 Å². The van der Waals surface area contributed by atoms with Crippen LogP contribution in [-0.2, 0) is 9.53 Å². The molecular formula is C12H9FO4. The first-order valence-corrected chi connectivity index (χ1v) is 4.76. The lowest BCUT2D eigenvalue weighted by atomic mass is 10.1. The lowest BCUT2D eigenvalue weighted by Gasteiger charge is -1.99. The summed E-state index contributed by atoms with van der Waals surface area (Å²) < 4.78 is 17.9. The first kappa shape index (κ1) is 12.7. The molecule has 0 aliphatic heterocycles. The van der Waals surface area contributed by atoms with Crippen LogP contribution in [0.3, 0.4) is 0 Å². The number of carboxylic acid groups (broad SMARTS) is 1. The monoisotopic (exact) mass is 236 g/mol. The summed E-state index contributed by atoms with van der Waals surface area (Å²) in [5.74, 6) is 1.26. The smallest absolute Gasteiger partial charge is 0.384 e. The lowest BCUT2D eigenvalue weighted by Crippen LogP contribution is -2.03. The van der Waals surface area contributed by atoms with E-state index in [0.717, 1.165) is 6.07 Å². The van der Waals surface area contributed by atoms with Crippen LogP contribution in [0.25, 0.3) is 0 Å². The largest absolute Gasteiger partial charge is 0.478 e. The summed E-state index contributed by atoms with van der Waals surface area (Å²) in [4.78, 5) is 21.7. The molecule has 0 heterocycles. The number of halogens is 1. The van der Waals surface area contributed by atoms with Gasteiger partial charge in [-0.15, -0.1) is 0 Å². The maximum Gasteiger partial charge on any atom is 0.384 e. The molecule has 0 radical (unpaired) electrons. The molecule has 0 saturated heterocycles. The van der Waals surface area contributed by atoms with E-state index >= 15 is 0 Å². The van der Waals surface area contributed by atoms with Crippen LogP contribution in [-0.4, -0.2) is 23.7 Å². The molecule has 0 bridgehead atoms. The number of aromatic carboxylic acids is 1. The summed E-state index contributed by atoms with van der Waals surface area (Å²) in [6, 6.07) is 3.54. The Balaban J connectivity index is 3.13. The normalized spacial score (nSPS) is 9.06. The van der Waals surface area contributed by atoms with E-state index in [1.165, 1.54) is 12.1 Å². The molecule has 0 aromatic heterocycles. The second-order valence-corrected chi connectivity index (χ2v) is 2.94. The van der Waals surface area contributed by atoms with Crippen molar-refractivity contribution in [3.8, 4) is 11.8 Å². The number of rotatable bonds is 2. The summed E-state index contributed by atoms with van der Waals surface area (Å²) in [6.45, 7) is 1.75. The molecule has 0 fully saturated rings. The molecule has 0 saturated carbocycles. The van der Waals surface area contributed by atoms with Gasteiger partial charge in [-0.1, -0.05) is 12.0 Å². The molecule has 0 amide bonds. The molecule has 1 N–H and O–H groups in total. The van der Waals surface area contributed by atoms with Crippen LogP contribution in [0.5, 0.6) is 0 Å². The minimum Gasteiger partial charge on any atom is -0.478 e. The van der Waals surface area contributed by atoms with Gasteiger partial charge in [-0.3, -0.25) is 0 Å². The van der Waals surface area contributed by atoms with Gasteiger partial charge < -0.3 is 9.84 Å². The van der Waals surface area contributed by atoms with E-state index < -0.39 is 17.8 Å². The summed E-state index contributed by atoms with van der Waals surface area (Å²) in [5, 5.41) is 8.81. The van der Waals surface area contributed by atoms with Crippen molar-refractivity contribution in [2.24, 2.45) is 0 Å². The number of carbonyl (C=O) groups is 2. The molecule has 1 rings (SSSR count). The molecule has 0 spiro atoms. The van der Waals surface area contributed by atoms with Crippen molar-refractivity contribution in [2.75, 3.05) is 6.61 Å². The average molecular weight is 236 g/mol. The van der Waals surface area contributed by atoms with Crippen LogP contribution in [0, 0.1) is 17.7 Å². The maximum absolute atomic E-state index is 13.3. The van der Waals surface area contributed by atoms with Gasteiger partial charge in [-0.05, 0) is 19.1 Å². The minimum absolute atomic E-state index is 0.149. The zero-order valence-corrected chi connectivity index (χ0v) is 8.99. The fourth-order valence-electron chi connectivity index (χ4n) is 1.11. The molecular weight excluding hydrogens is 227 g/mol. The van der Waals surface area contributed by atoms with Gasteiger partial charge >= 0.3 is 11.9 Å². The van der Waals surface area contributed by atoms with Gasteiger partial charge in [0.1, 0.15) is 5.82 Å². The van der Waals surface area contributed by atoms with Gasteiger partial charge in [-0.25, -0.2) is 14.0 Å². The summed E-state index contributed by atoms with van der Waals surface area (Å²) >= 11 is 0. The van der Waals surface area contributed by atoms with Crippen LogP contribution in [0.2, 0.25) is 0 Å². The van der Waals surface area contributed by atoms with Crippen LogP contribution in [0.15, 0.2) is 18.2 Å². The second kappa shape index (κ2) is 5.66. The van der Waals surface area contributed by atoms with Gasteiger partial charge in [0.15, 0.2) is 0 Å². The van der Waals surface area contributed by atoms with Gasteiger partial charge in [0.05, 0.1) is 17.7 Å². The Kier molecular flexibility index (Phi) is 4.23. The number of esters is 1. The third kappa shape index (κ3) is 3.31. The van der Waals surface area contributed by atoms with Crippen molar-refractivity contribution < 1.29 is 23.8 Å². The predicted octanol–water partition coefficient (Wildman–Crippen LogP) is 1.44. The molecule has 1 aromatic rings. The molecule has 0 aliphatic carbocycles. The molecule has 0 unspecified atom stereocenters. The number of carbonyl (C=O) groups excluding carboxylic acids is 1. The van der Waals surface area contributed by atoms with Gasteiger partial charge in [0.2, 0.25) is 0 Å². The van der Waals surface area contributed by atoms with E-state index in [9.17, 15) is 14.0 Å². The Morgan fingerprint density at radius 2 is 2.18 bits per heavy atom. The van der Waals surface area contributed by atoms with E-state index in [4.69, 9.17) is 5.11 Å². The quantitative estimate of drug-likeness (QED) is 0.623. The summed E-state index contributed by atoms with van der Waals surface area (Å²) in [6.07, 6.45) is 0. The zero-order chi connectivity index (χ0) is 12.8. The molecule has 1 aromatic carbocycles. The van der Waals surface area contributed by atoms with Crippen molar-refractivity contribution in [3.05, 3.63) is 35.1 Å². The van der Waals surface area contributed by atoms with E-state index in [2.05, 4.69) is 10.7 Å². The van der Waals surface area contributed by atoms with Crippen LogP contribution in [0.1, 0.15) is 22.8 Å². The molecule has 88 valence electrons. The summed E-state index contributed by atoms with van der Waals surface area (Å²) in [5.41, 5.74) is -0.616. The maximum atomic E-state index is 13.3. The Morgan fingerprint density at radius 3 is 2.76 bits per heavy atom. The Hall–Kier alpha value is -2.35. The van der Waals surface area contributed by atoms with E-state index in [1.54, 1.807) is 6.92 Å². The Labute approximate surface area is 97.0 Å². The van der Waals surface area contributed by atoms with Crippen molar-refractivity contribution in [2.45, 2.75) is 6.92 Å². The molecule has 17 heavy (non-hydrogen) atoms. The molecule has 5 heteroatoms. The van der Waals surface area contributed by atoms with E-state index in [0.29, 0.717) is 0 Å². The van der Waals surface area contributed by atoms with Gasteiger partial charge in [0.25, 0.3) is 0 Å². The Morgan fingerprint density at radius 1 is 1.47 bits per heavy atom. The standard InChI is InChI=1S/C12H9FO4/c1-2-17-11(14)7-6-8-9(12(15)16)4-3-5-10(8)13/h3-5H,2H2,1H3,(H,15,16). The predicted molar refractivity (Wildman–Crippen MR) is 56.9 cm³/mol. The van der Waals surface area contributed by atoms with Crippen molar-refractivity contribution in [3.63, 3.8) is 0 Å². The molecule has 4 nitrogen and oxygen atoms in total. The zero-order valence-electron chi connectivity index (χ0n) is 8.99. The number of benzene rings is 1. The fourth-order valence-corrected chi connectivity index (χ4v) is 1.11. The number of hydrogen-bond donors (Lipinski definition) is 1. The highest BCUT2D eigenvalue weighted by molar-refractivity contribution is 5.93. The van der Waals surface area contributed by atoms with Crippen LogP contribution < -0.4 is 0 Å². The minimum atomic E-state index is -1.31.